The number of carbonyl (C=O) groups excluding carboxylic acids is 1. The lowest BCUT2D eigenvalue weighted by atomic mass is 10.1. The molecule has 0 fully saturated rings. The van der Waals surface area contributed by atoms with Crippen molar-refractivity contribution in [2.75, 3.05) is 20.3 Å². The molecule has 1 atom stereocenters. The molecule has 1 rings (SSSR count). The van der Waals surface area contributed by atoms with Crippen molar-refractivity contribution in [3.8, 4) is 0 Å². The van der Waals surface area contributed by atoms with Crippen LogP contribution in [0.25, 0.3) is 0 Å². The van der Waals surface area contributed by atoms with Gasteiger partial charge in [0.25, 0.3) is 5.91 Å². The summed E-state index contributed by atoms with van der Waals surface area (Å²) in [5, 5.41) is 11.5. The van der Waals surface area contributed by atoms with Crippen LogP contribution in [0.2, 0.25) is 0 Å². The molecule has 0 aromatic heterocycles. The highest BCUT2D eigenvalue weighted by Crippen LogP contribution is 2.06. The molecular weight excluding hydrogens is 260 g/mol. The van der Waals surface area contributed by atoms with Crippen LogP contribution >= 0.6 is 0 Å². The van der Waals surface area contributed by atoms with Crippen molar-refractivity contribution in [2.24, 2.45) is 5.73 Å². The summed E-state index contributed by atoms with van der Waals surface area (Å²) in [6, 6.07) is 6.00. The maximum absolute atomic E-state index is 12.0. The number of rotatable bonds is 8. The van der Waals surface area contributed by atoms with E-state index in [1.807, 2.05) is 12.1 Å². The molecule has 1 amide bonds. The second-order valence-corrected chi connectivity index (χ2v) is 4.38. The van der Waals surface area contributed by atoms with Gasteiger partial charge in [0, 0.05) is 25.7 Å². The zero-order valence-electron chi connectivity index (χ0n) is 11.5. The zero-order valence-corrected chi connectivity index (χ0v) is 11.5. The highest BCUT2D eigenvalue weighted by Gasteiger charge is 2.20. The molecule has 6 heteroatoms. The van der Waals surface area contributed by atoms with Crippen molar-refractivity contribution >= 4 is 11.9 Å². The Labute approximate surface area is 117 Å². The second-order valence-electron chi connectivity index (χ2n) is 4.38. The molecule has 0 saturated heterocycles. The Kier molecular flexibility index (Phi) is 6.69. The molecule has 4 N–H and O–H groups in total. The van der Waals surface area contributed by atoms with E-state index in [0.717, 1.165) is 12.0 Å². The molecule has 0 aliphatic carbocycles. The number of carboxylic acid groups (broad SMARTS) is 1. The first-order valence-corrected chi connectivity index (χ1v) is 6.40. The van der Waals surface area contributed by atoms with Crippen molar-refractivity contribution in [2.45, 2.75) is 18.9 Å². The summed E-state index contributed by atoms with van der Waals surface area (Å²) in [5.41, 5.74) is 6.91. The largest absolute Gasteiger partial charge is 0.480 e. The molecule has 0 bridgehead atoms. The Balaban J connectivity index is 2.65. The molecule has 0 heterocycles. The normalized spacial score (nSPS) is 11.9. The van der Waals surface area contributed by atoms with Gasteiger partial charge in [0.15, 0.2) is 0 Å². The molecule has 0 aliphatic rings. The van der Waals surface area contributed by atoms with Gasteiger partial charge in [-0.25, -0.2) is 4.79 Å². The van der Waals surface area contributed by atoms with Gasteiger partial charge in [-0.3, -0.25) is 4.79 Å². The predicted molar refractivity (Wildman–Crippen MR) is 74.6 cm³/mol. The number of hydrogen-bond acceptors (Lipinski definition) is 4. The van der Waals surface area contributed by atoms with Gasteiger partial charge in [-0.15, -0.1) is 0 Å². The highest BCUT2D eigenvalue weighted by molar-refractivity contribution is 5.96. The quantitative estimate of drug-likeness (QED) is 0.640. The third-order valence-corrected chi connectivity index (χ3v) is 2.86. The summed E-state index contributed by atoms with van der Waals surface area (Å²) in [5.74, 6) is -1.48. The Morgan fingerprint density at radius 2 is 2.00 bits per heavy atom. The van der Waals surface area contributed by atoms with Crippen LogP contribution in [0, 0.1) is 0 Å². The zero-order chi connectivity index (χ0) is 15.0. The summed E-state index contributed by atoms with van der Waals surface area (Å²) >= 11 is 0. The van der Waals surface area contributed by atoms with Crippen LogP contribution in [0.4, 0.5) is 0 Å². The first-order chi connectivity index (χ1) is 9.58. The van der Waals surface area contributed by atoms with Crippen molar-refractivity contribution in [3.05, 3.63) is 35.4 Å². The van der Waals surface area contributed by atoms with E-state index >= 15 is 0 Å². The fraction of sp³-hybridized carbons (Fsp3) is 0.429. The van der Waals surface area contributed by atoms with E-state index in [0.29, 0.717) is 12.1 Å². The van der Waals surface area contributed by atoms with Crippen LogP contribution in [0.5, 0.6) is 0 Å². The van der Waals surface area contributed by atoms with E-state index in [4.69, 9.17) is 15.6 Å². The van der Waals surface area contributed by atoms with Crippen molar-refractivity contribution in [1.82, 2.24) is 5.32 Å². The molecule has 1 aromatic carbocycles. The van der Waals surface area contributed by atoms with Crippen LogP contribution in [0.3, 0.4) is 0 Å². The van der Waals surface area contributed by atoms with Crippen LogP contribution in [-0.4, -0.2) is 43.3 Å². The summed E-state index contributed by atoms with van der Waals surface area (Å²) in [7, 11) is 1.48. The van der Waals surface area contributed by atoms with Gasteiger partial charge in [0.05, 0.1) is 0 Å². The Hall–Kier alpha value is -1.92. The van der Waals surface area contributed by atoms with E-state index in [1.165, 1.54) is 7.11 Å². The van der Waals surface area contributed by atoms with Crippen LogP contribution in [0.1, 0.15) is 22.3 Å². The number of nitrogens with one attached hydrogen (secondary N) is 1. The number of amides is 1. The van der Waals surface area contributed by atoms with Gasteiger partial charge in [0.1, 0.15) is 6.04 Å². The fourth-order valence-corrected chi connectivity index (χ4v) is 1.72. The number of nitrogens with two attached hydrogens (primary N) is 1. The van der Waals surface area contributed by atoms with Gasteiger partial charge in [-0.2, -0.15) is 0 Å². The third kappa shape index (κ3) is 4.99. The van der Waals surface area contributed by atoms with Crippen LogP contribution in [-0.2, 0) is 16.0 Å². The maximum atomic E-state index is 12.0. The number of carboxylic acids is 1. The monoisotopic (exact) mass is 280 g/mol. The molecule has 6 nitrogen and oxygen atoms in total. The first kappa shape index (κ1) is 16.1. The van der Waals surface area contributed by atoms with Gasteiger partial charge in [-0.1, -0.05) is 12.1 Å². The van der Waals surface area contributed by atoms with Crippen LogP contribution < -0.4 is 11.1 Å². The minimum Gasteiger partial charge on any atom is -0.480 e. The number of methoxy groups -OCH3 is 1. The molecular formula is C14H20N2O4. The molecule has 1 unspecified atom stereocenters. The molecule has 20 heavy (non-hydrogen) atoms. The van der Waals surface area contributed by atoms with Gasteiger partial charge in [0.2, 0.25) is 0 Å². The lowest BCUT2D eigenvalue weighted by Crippen LogP contribution is -2.41. The smallest absolute Gasteiger partial charge is 0.326 e. The molecule has 110 valence electrons. The fourth-order valence-electron chi connectivity index (χ4n) is 1.72. The van der Waals surface area contributed by atoms with Gasteiger partial charge in [-0.05, 0) is 30.7 Å². The topological polar surface area (TPSA) is 102 Å². The van der Waals surface area contributed by atoms with Crippen molar-refractivity contribution in [3.63, 3.8) is 0 Å². The minimum absolute atomic E-state index is 0.225. The van der Waals surface area contributed by atoms with Crippen molar-refractivity contribution < 1.29 is 19.4 Å². The minimum atomic E-state index is -1.07. The SMILES string of the molecule is COCCC(NC(=O)c1ccc(CCN)cc1)C(=O)O. The van der Waals surface area contributed by atoms with Gasteiger partial charge < -0.3 is 20.9 Å². The van der Waals surface area contributed by atoms with E-state index < -0.39 is 17.9 Å². The lowest BCUT2D eigenvalue weighted by molar-refractivity contribution is -0.139. The lowest BCUT2D eigenvalue weighted by Gasteiger charge is -2.14. The number of benzene rings is 1. The van der Waals surface area contributed by atoms with E-state index in [-0.39, 0.29) is 13.0 Å². The summed E-state index contributed by atoms with van der Waals surface area (Å²) in [6.45, 7) is 0.816. The van der Waals surface area contributed by atoms with E-state index in [2.05, 4.69) is 5.32 Å². The summed E-state index contributed by atoms with van der Waals surface area (Å²) in [4.78, 5) is 23.0. The predicted octanol–water partition coefficient (Wildman–Crippen LogP) is 0.407. The van der Waals surface area contributed by atoms with Crippen molar-refractivity contribution in [1.29, 1.82) is 0 Å². The van der Waals surface area contributed by atoms with Gasteiger partial charge >= 0.3 is 5.97 Å². The highest BCUT2D eigenvalue weighted by atomic mass is 16.5. The molecule has 0 radical (unpaired) electrons. The standard InChI is InChI=1S/C14H20N2O4/c1-20-9-7-12(14(18)19)16-13(17)11-4-2-10(3-5-11)6-8-15/h2-5,12H,6-9,15H2,1H3,(H,16,17)(H,18,19). The molecule has 0 saturated carbocycles. The van der Waals surface area contributed by atoms with E-state index in [1.54, 1.807) is 12.1 Å². The first-order valence-electron chi connectivity index (χ1n) is 6.40. The second kappa shape index (κ2) is 8.29. The molecule has 0 aliphatic heterocycles. The number of carbonyl (C=O) groups is 2. The Morgan fingerprint density at radius 1 is 1.35 bits per heavy atom. The average Bonchev–Trinajstić information content (AvgIpc) is 2.44. The number of hydrogen-bond donors (Lipinski definition) is 3. The molecule has 0 spiro atoms. The Morgan fingerprint density at radius 3 is 2.50 bits per heavy atom. The average molecular weight is 280 g/mol. The number of ether oxygens (including phenoxy) is 1. The Bertz CT molecular complexity index is 445. The number of aliphatic carboxylic acids is 1. The molecule has 1 aromatic rings. The third-order valence-electron chi connectivity index (χ3n) is 2.86. The summed E-state index contributed by atoms with van der Waals surface area (Å²) < 4.78 is 4.83. The van der Waals surface area contributed by atoms with Crippen LogP contribution in [0.15, 0.2) is 24.3 Å². The summed E-state index contributed by atoms with van der Waals surface area (Å²) in [6.07, 6.45) is 0.969. The maximum Gasteiger partial charge on any atom is 0.326 e. The van der Waals surface area contributed by atoms with E-state index in [9.17, 15) is 9.59 Å².